The van der Waals surface area contributed by atoms with Crippen LogP contribution in [0.2, 0.25) is 0 Å². The zero-order valence-electron chi connectivity index (χ0n) is 16.6. The van der Waals surface area contributed by atoms with E-state index in [1.165, 1.54) is 38.5 Å². The Morgan fingerprint density at radius 1 is 1.25 bits per heavy atom. The van der Waals surface area contributed by atoms with Crippen LogP contribution < -0.4 is 11.1 Å². The zero-order chi connectivity index (χ0) is 19.8. The lowest BCUT2D eigenvalue weighted by Crippen LogP contribution is -2.42. The summed E-state index contributed by atoms with van der Waals surface area (Å²) in [5.74, 6) is 1.43. The van der Waals surface area contributed by atoms with Crippen molar-refractivity contribution in [1.29, 1.82) is 5.26 Å². The minimum absolute atomic E-state index is 0.135. The third-order valence-electron chi connectivity index (χ3n) is 5.98. The van der Waals surface area contributed by atoms with Crippen molar-refractivity contribution in [3.63, 3.8) is 0 Å². The molecule has 0 spiro atoms. The summed E-state index contributed by atoms with van der Waals surface area (Å²) in [5, 5.41) is 11.6. The maximum atomic E-state index is 12.2. The third kappa shape index (κ3) is 6.07. The molecule has 6 nitrogen and oxygen atoms in total. The number of amidine groups is 1. The predicted molar refractivity (Wildman–Crippen MR) is 112 cm³/mol. The molecule has 1 aromatic rings. The summed E-state index contributed by atoms with van der Waals surface area (Å²) in [6.07, 6.45) is 10.3. The molecule has 1 saturated heterocycles. The fourth-order valence-electron chi connectivity index (χ4n) is 4.37. The number of carbonyl (C=O) groups is 1. The summed E-state index contributed by atoms with van der Waals surface area (Å²) in [6, 6.07) is 8.35. The Morgan fingerprint density at radius 3 is 2.86 bits per heavy atom. The monoisotopic (exact) mass is 381 g/mol. The highest BCUT2D eigenvalue weighted by Crippen LogP contribution is 2.27. The van der Waals surface area contributed by atoms with Crippen LogP contribution in [0.3, 0.4) is 0 Å². The SMILES string of the molecule is N#Cc1cccc(NC(=O)/N=C(\N)C2CCCN(CCC3CCCCC3)C2)c1. The summed E-state index contributed by atoms with van der Waals surface area (Å²) >= 11 is 0. The molecule has 0 bridgehead atoms. The van der Waals surface area contributed by atoms with Crippen molar-refractivity contribution < 1.29 is 4.79 Å². The number of urea groups is 1. The lowest BCUT2D eigenvalue weighted by Gasteiger charge is -2.33. The number of carbonyl (C=O) groups excluding carboxylic acids is 1. The van der Waals surface area contributed by atoms with Gasteiger partial charge < -0.3 is 16.0 Å². The van der Waals surface area contributed by atoms with Crippen molar-refractivity contribution in [2.45, 2.75) is 51.4 Å². The normalized spacial score (nSPS) is 21.8. The molecular weight excluding hydrogens is 350 g/mol. The van der Waals surface area contributed by atoms with Gasteiger partial charge in [0, 0.05) is 18.2 Å². The van der Waals surface area contributed by atoms with E-state index in [1.807, 2.05) is 0 Å². The maximum Gasteiger partial charge on any atom is 0.347 e. The van der Waals surface area contributed by atoms with Crippen LogP contribution in [0.5, 0.6) is 0 Å². The summed E-state index contributed by atoms with van der Waals surface area (Å²) in [7, 11) is 0. The van der Waals surface area contributed by atoms with Gasteiger partial charge in [0.25, 0.3) is 0 Å². The smallest absolute Gasteiger partial charge is 0.347 e. The highest BCUT2D eigenvalue weighted by atomic mass is 16.2. The van der Waals surface area contributed by atoms with Crippen LogP contribution in [0.25, 0.3) is 0 Å². The topological polar surface area (TPSA) is 94.5 Å². The molecule has 3 N–H and O–H groups in total. The lowest BCUT2D eigenvalue weighted by molar-refractivity contribution is 0.182. The number of nitrogens with zero attached hydrogens (tertiary/aromatic N) is 3. The summed E-state index contributed by atoms with van der Waals surface area (Å²) in [5.41, 5.74) is 7.22. The van der Waals surface area contributed by atoms with Gasteiger partial charge in [-0.3, -0.25) is 0 Å². The molecule has 2 amide bonds. The van der Waals surface area contributed by atoms with Crippen molar-refractivity contribution >= 4 is 17.6 Å². The molecule has 1 atom stereocenters. The van der Waals surface area contributed by atoms with E-state index in [9.17, 15) is 4.79 Å². The summed E-state index contributed by atoms with van der Waals surface area (Å²) in [4.78, 5) is 18.8. The molecule has 2 aliphatic rings. The van der Waals surface area contributed by atoms with Crippen molar-refractivity contribution in [2.75, 3.05) is 25.0 Å². The molecule has 150 valence electrons. The van der Waals surface area contributed by atoms with Gasteiger partial charge in [0.05, 0.1) is 11.6 Å². The molecule has 1 unspecified atom stereocenters. The first kappa shape index (κ1) is 20.3. The number of amides is 2. The van der Waals surface area contributed by atoms with Gasteiger partial charge in [0.15, 0.2) is 0 Å². The summed E-state index contributed by atoms with van der Waals surface area (Å²) < 4.78 is 0. The highest BCUT2D eigenvalue weighted by molar-refractivity contribution is 6.00. The summed E-state index contributed by atoms with van der Waals surface area (Å²) in [6.45, 7) is 3.13. The maximum absolute atomic E-state index is 12.2. The fraction of sp³-hybridized carbons (Fsp3) is 0.591. The minimum atomic E-state index is -0.480. The number of piperidine rings is 1. The van der Waals surface area contributed by atoms with Crippen LogP contribution in [0.15, 0.2) is 29.3 Å². The molecule has 0 radical (unpaired) electrons. The Kier molecular flexibility index (Phi) is 7.44. The Hall–Kier alpha value is -2.39. The molecule has 3 rings (SSSR count). The average molecular weight is 382 g/mol. The predicted octanol–water partition coefficient (Wildman–Crippen LogP) is 4.13. The first-order chi connectivity index (χ1) is 13.6. The minimum Gasteiger partial charge on any atom is -0.387 e. The van der Waals surface area contributed by atoms with E-state index in [0.29, 0.717) is 17.1 Å². The molecular formula is C22H31N5O. The molecule has 1 saturated carbocycles. The largest absolute Gasteiger partial charge is 0.387 e. The number of anilines is 1. The molecule has 1 aromatic carbocycles. The van der Waals surface area contributed by atoms with E-state index >= 15 is 0 Å². The number of nitrogens with two attached hydrogens (primary N) is 1. The van der Waals surface area contributed by atoms with Crippen molar-refractivity contribution in [3.05, 3.63) is 29.8 Å². The van der Waals surface area contributed by atoms with E-state index in [1.54, 1.807) is 24.3 Å². The van der Waals surface area contributed by atoms with Crippen LogP contribution in [-0.2, 0) is 0 Å². The van der Waals surface area contributed by atoms with Crippen molar-refractivity contribution in [2.24, 2.45) is 22.6 Å². The van der Waals surface area contributed by atoms with Gasteiger partial charge in [0.2, 0.25) is 0 Å². The van der Waals surface area contributed by atoms with E-state index in [2.05, 4.69) is 21.3 Å². The molecule has 28 heavy (non-hydrogen) atoms. The van der Waals surface area contributed by atoms with Gasteiger partial charge in [-0.05, 0) is 56.5 Å². The number of aliphatic imine (C=N–C) groups is 1. The Morgan fingerprint density at radius 2 is 2.07 bits per heavy atom. The number of benzene rings is 1. The van der Waals surface area contributed by atoms with Gasteiger partial charge >= 0.3 is 6.03 Å². The quantitative estimate of drug-likeness (QED) is 0.592. The third-order valence-corrected chi connectivity index (χ3v) is 5.98. The van der Waals surface area contributed by atoms with Crippen molar-refractivity contribution in [3.8, 4) is 6.07 Å². The van der Waals surface area contributed by atoms with Crippen LogP contribution >= 0.6 is 0 Å². The number of hydrogen-bond donors (Lipinski definition) is 2. The lowest BCUT2D eigenvalue weighted by atomic mass is 9.86. The van der Waals surface area contributed by atoms with E-state index < -0.39 is 6.03 Å². The fourth-order valence-corrected chi connectivity index (χ4v) is 4.37. The second kappa shape index (κ2) is 10.2. The molecule has 0 aromatic heterocycles. The first-order valence-electron chi connectivity index (χ1n) is 10.5. The van der Waals surface area contributed by atoms with Crippen LogP contribution in [0, 0.1) is 23.2 Å². The average Bonchev–Trinajstić information content (AvgIpc) is 2.73. The van der Waals surface area contributed by atoms with Gasteiger partial charge in [-0.25, -0.2) is 4.79 Å². The Labute approximate surface area is 167 Å². The Balaban J connectivity index is 1.49. The molecule has 2 fully saturated rings. The van der Waals surface area contributed by atoms with Crippen LogP contribution in [-0.4, -0.2) is 36.4 Å². The second-order valence-electron chi connectivity index (χ2n) is 8.09. The van der Waals surface area contributed by atoms with E-state index in [4.69, 9.17) is 11.0 Å². The van der Waals surface area contributed by atoms with Crippen molar-refractivity contribution in [1.82, 2.24) is 4.90 Å². The number of likely N-dealkylation sites (tertiary alicyclic amines) is 1. The van der Waals surface area contributed by atoms with Gasteiger partial charge in [-0.15, -0.1) is 0 Å². The molecule has 6 heteroatoms. The van der Waals surface area contributed by atoms with Gasteiger partial charge in [-0.2, -0.15) is 10.3 Å². The second-order valence-corrected chi connectivity index (χ2v) is 8.09. The number of nitriles is 1. The van der Waals surface area contributed by atoms with Gasteiger partial charge in [-0.1, -0.05) is 38.2 Å². The molecule has 1 aliphatic heterocycles. The zero-order valence-corrected chi connectivity index (χ0v) is 16.6. The molecule has 1 aliphatic carbocycles. The number of nitrogens with one attached hydrogen (secondary N) is 1. The number of rotatable bonds is 5. The van der Waals surface area contributed by atoms with Crippen LogP contribution in [0.4, 0.5) is 10.5 Å². The first-order valence-corrected chi connectivity index (χ1v) is 10.5. The van der Waals surface area contributed by atoms with E-state index in [0.717, 1.165) is 38.4 Å². The molecule has 1 heterocycles. The van der Waals surface area contributed by atoms with Crippen LogP contribution in [0.1, 0.15) is 56.9 Å². The van der Waals surface area contributed by atoms with Gasteiger partial charge in [0.1, 0.15) is 5.84 Å². The Bertz CT molecular complexity index is 733. The highest BCUT2D eigenvalue weighted by Gasteiger charge is 2.24. The standard InChI is InChI=1S/C22H31N5O/c23-15-18-8-4-10-20(14-18)25-22(28)26-21(24)19-9-5-12-27(16-19)13-11-17-6-2-1-3-7-17/h4,8,10,14,17,19H,1-3,5-7,9,11-13,16H2,(H3,24,25,26,28). The van der Waals surface area contributed by atoms with E-state index in [-0.39, 0.29) is 5.92 Å². The number of hydrogen-bond acceptors (Lipinski definition) is 3.